The Hall–Kier alpha value is -5.03. The van der Waals surface area contributed by atoms with Gasteiger partial charge < -0.3 is 23.7 Å². The van der Waals surface area contributed by atoms with Crippen LogP contribution >= 0.6 is 0 Å². The number of hydrogen-bond acceptors (Lipinski definition) is 8. The maximum absolute atomic E-state index is 12.7. The van der Waals surface area contributed by atoms with Crippen LogP contribution in [0.15, 0.2) is 79.4 Å². The summed E-state index contributed by atoms with van der Waals surface area (Å²) in [7, 11) is 1.41. The van der Waals surface area contributed by atoms with E-state index in [2.05, 4.69) is 18.4 Å². The van der Waals surface area contributed by atoms with Gasteiger partial charge in [0.05, 0.1) is 31.5 Å². The van der Waals surface area contributed by atoms with Crippen LogP contribution in [0.2, 0.25) is 0 Å². The number of esters is 3. The van der Waals surface area contributed by atoms with Crippen LogP contribution in [-0.4, -0.2) is 38.2 Å². The standard InChI is InChI=1S/C31H28O8/c1-4-8-22-9-14-26(15-10-22)38-31(34)24-13-18-27(28(21-24)35-3)39-30(33)23-11-16-25(17-12-23)36-19-6-7-20-37-29(32)5-2/h5,9-18,21H,2,6-7,19-20H2,1,3H3. The third kappa shape index (κ3) is 8.79. The van der Waals surface area contributed by atoms with E-state index in [1.807, 2.05) is 0 Å². The summed E-state index contributed by atoms with van der Waals surface area (Å²) >= 11 is 0. The molecule has 3 aromatic rings. The van der Waals surface area contributed by atoms with E-state index in [4.69, 9.17) is 23.7 Å². The fourth-order valence-corrected chi connectivity index (χ4v) is 3.27. The minimum atomic E-state index is -0.602. The second-order valence-corrected chi connectivity index (χ2v) is 8.00. The Kier molecular flexibility index (Phi) is 10.7. The summed E-state index contributed by atoms with van der Waals surface area (Å²) in [4.78, 5) is 36.3. The molecule has 8 nitrogen and oxygen atoms in total. The molecule has 0 aliphatic rings. The van der Waals surface area contributed by atoms with Crippen LogP contribution in [0.5, 0.6) is 23.0 Å². The molecule has 39 heavy (non-hydrogen) atoms. The number of carbonyl (C=O) groups excluding carboxylic acids is 3. The highest BCUT2D eigenvalue weighted by Gasteiger charge is 2.17. The zero-order chi connectivity index (χ0) is 28.0. The van der Waals surface area contributed by atoms with Crippen LogP contribution in [-0.2, 0) is 9.53 Å². The summed E-state index contributed by atoms with van der Waals surface area (Å²) in [6.45, 7) is 5.81. The van der Waals surface area contributed by atoms with Crippen LogP contribution in [0, 0.1) is 11.8 Å². The topological polar surface area (TPSA) is 97.4 Å². The number of methoxy groups -OCH3 is 1. The molecule has 0 amide bonds. The van der Waals surface area contributed by atoms with Gasteiger partial charge in [0.15, 0.2) is 11.5 Å². The number of carbonyl (C=O) groups is 3. The van der Waals surface area contributed by atoms with Crippen molar-refractivity contribution >= 4 is 17.9 Å². The summed E-state index contributed by atoms with van der Waals surface area (Å²) in [5, 5.41) is 0. The van der Waals surface area contributed by atoms with E-state index in [1.165, 1.54) is 25.3 Å². The first-order chi connectivity index (χ1) is 18.9. The number of benzene rings is 3. The Labute approximate surface area is 227 Å². The van der Waals surface area contributed by atoms with E-state index in [0.29, 0.717) is 43.1 Å². The molecule has 0 atom stereocenters. The minimum Gasteiger partial charge on any atom is -0.494 e. The van der Waals surface area contributed by atoms with E-state index in [9.17, 15) is 14.4 Å². The molecule has 3 rings (SSSR count). The molecule has 0 N–H and O–H groups in total. The quantitative estimate of drug-likeness (QED) is 0.101. The number of unbranched alkanes of at least 4 members (excludes halogenated alkanes) is 1. The van der Waals surface area contributed by atoms with Crippen LogP contribution < -0.4 is 18.9 Å². The van der Waals surface area contributed by atoms with Crippen molar-refractivity contribution in [3.8, 4) is 34.8 Å². The summed E-state index contributed by atoms with van der Waals surface area (Å²) in [5.41, 5.74) is 1.35. The van der Waals surface area contributed by atoms with Crippen molar-refractivity contribution in [2.45, 2.75) is 19.8 Å². The van der Waals surface area contributed by atoms with Crippen molar-refractivity contribution in [2.75, 3.05) is 20.3 Å². The smallest absolute Gasteiger partial charge is 0.343 e. The Balaban J connectivity index is 1.54. The fourth-order valence-electron chi connectivity index (χ4n) is 3.27. The van der Waals surface area contributed by atoms with Crippen molar-refractivity contribution in [3.05, 3.63) is 96.1 Å². The van der Waals surface area contributed by atoms with Gasteiger partial charge >= 0.3 is 17.9 Å². The average Bonchev–Trinajstić information content (AvgIpc) is 2.96. The lowest BCUT2D eigenvalue weighted by Gasteiger charge is -2.11. The zero-order valence-electron chi connectivity index (χ0n) is 21.7. The molecule has 0 aromatic heterocycles. The van der Waals surface area contributed by atoms with E-state index in [-0.39, 0.29) is 17.1 Å². The lowest BCUT2D eigenvalue weighted by atomic mass is 10.2. The lowest BCUT2D eigenvalue weighted by molar-refractivity contribution is -0.137. The van der Waals surface area contributed by atoms with Crippen molar-refractivity contribution in [3.63, 3.8) is 0 Å². The molecule has 0 aliphatic carbocycles. The van der Waals surface area contributed by atoms with Crippen molar-refractivity contribution in [1.82, 2.24) is 0 Å². The minimum absolute atomic E-state index is 0.152. The molecule has 0 fully saturated rings. The summed E-state index contributed by atoms with van der Waals surface area (Å²) in [6, 6.07) is 17.7. The average molecular weight is 529 g/mol. The first-order valence-electron chi connectivity index (χ1n) is 12.1. The highest BCUT2D eigenvalue weighted by atomic mass is 16.6. The Morgan fingerprint density at radius 3 is 2.10 bits per heavy atom. The number of hydrogen-bond donors (Lipinski definition) is 0. The normalized spacial score (nSPS) is 9.90. The summed E-state index contributed by atoms with van der Waals surface area (Å²) in [6.07, 6.45) is 2.47. The molecule has 0 heterocycles. The highest BCUT2D eigenvalue weighted by molar-refractivity contribution is 5.93. The molecule has 0 spiro atoms. The second kappa shape index (κ2) is 14.6. The Morgan fingerprint density at radius 1 is 0.795 bits per heavy atom. The SMILES string of the molecule is C=CC(=O)OCCCCOc1ccc(C(=O)Oc2ccc(C(=O)Oc3ccc(C#CC)cc3)cc2OC)cc1. The first-order valence-corrected chi connectivity index (χ1v) is 12.1. The lowest BCUT2D eigenvalue weighted by Crippen LogP contribution is -2.11. The molecule has 3 aromatic carbocycles. The molecule has 0 saturated heterocycles. The Bertz CT molecular complexity index is 1360. The number of rotatable bonds is 12. The third-order valence-electron chi connectivity index (χ3n) is 5.24. The van der Waals surface area contributed by atoms with Gasteiger partial charge in [-0.25, -0.2) is 14.4 Å². The predicted molar refractivity (Wildman–Crippen MR) is 144 cm³/mol. The van der Waals surface area contributed by atoms with E-state index < -0.39 is 17.9 Å². The molecule has 8 heteroatoms. The van der Waals surface area contributed by atoms with Gasteiger partial charge in [0.2, 0.25) is 0 Å². The highest BCUT2D eigenvalue weighted by Crippen LogP contribution is 2.29. The van der Waals surface area contributed by atoms with E-state index >= 15 is 0 Å². The molecule has 0 bridgehead atoms. The van der Waals surface area contributed by atoms with Crippen LogP contribution in [0.25, 0.3) is 0 Å². The van der Waals surface area contributed by atoms with Crippen LogP contribution in [0.4, 0.5) is 0 Å². The van der Waals surface area contributed by atoms with Crippen LogP contribution in [0.1, 0.15) is 46.0 Å². The van der Waals surface area contributed by atoms with Gasteiger partial charge in [0.25, 0.3) is 0 Å². The molecule has 0 radical (unpaired) electrons. The maximum Gasteiger partial charge on any atom is 0.343 e. The molecule has 0 aliphatic heterocycles. The van der Waals surface area contributed by atoms with Crippen LogP contribution in [0.3, 0.4) is 0 Å². The fraction of sp³-hybridized carbons (Fsp3) is 0.194. The zero-order valence-corrected chi connectivity index (χ0v) is 21.7. The summed E-state index contributed by atoms with van der Waals surface area (Å²) in [5.74, 6) is 5.39. The van der Waals surface area contributed by atoms with E-state index in [0.717, 1.165) is 11.6 Å². The van der Waals surface area contributed by atoms with Gasteiger partial charge in [0, 0.05) is 11.6 Å². The van der Waals surface area contributed by atoms with Gasteiger partial charge in [0.1, 0.15) is 11.5 Å². The third-order valence-corrected chi connectivity index (χ3v) is 5.24. The van der Waals surface area contributed by atoms with Gasteiger partial charge in [-0.1, -0.05) is 12.5 Å². The largest absolute Gasteiger partial charge is 0.494 e. The van der Waals surface area contributed by atoms with Crippen molar-refractivity contribution in [2.24, 2.45) is 0 Å². The predicted octanol–water partition coefficient (Wildman–Crippen LogP) is 5.39. The van der Waals surface area contributed by atoms with E-state index in [1.54, 1.807) is 55.5 Å². The second-order valence-electron chi connectivity index (χ2n) is 8.00. The molecular formula is C31H28O8. The maximum atomic E-state index is 12.7. The summed E-state index contributed by atoms with van der Waals surface area (Å²) < 4.78 is 26.8. The molecular weight excluding hydrogens is 500 g/mol. The monoisotopic (exact) mass is 528 g/mol. The van der Waals surface area contributed by atoms with Crippen molar-refractivity contribution in [1.29, 1.82) is 0 Å². The molecule has 200 valence electrons. The molecule has 0 unspecified atom stereocenters. The van der Waals surface area contributed by atoms with Gasteiger partial charge in [-0.2, -0.15) is 0 Å². The van der Waals surface area contributed by atoms with Gasteiger partial charge in [-0.3, -0.25) is 0 Å². The molecule has 0 saturated carbocycles. The Morgan fingerprint density at radius 2 is 1.44 bits per heavy atom. The van der Waals surface area contributed by atoms with Gasteiger partial charge in [-0.05, 0) is 86.5 Å². The number of ether oxygens (including phenoxy) is 5. The van der Waals surface area contributed by atoms with Gasteiger partial charge in [-0.15, -0.1) is 5.92 Å². The van der Waals surface area contributed by atoms with Crippen molar-refractivity contribution < 1.29 is 38.1 Å². The first kappa shape index (κ1) is 28.5.